The van der Waals surface area contributed by atoms with Crippen LogP contribution in [0.4, 0.5) is 0 Å². The Kier molecular flexibility index (Phi) is 3.62. The van der Waals surface area contributed by atoms with E-state index in [0.717, 1.165) is 0 Å². The normalized spacial score (nSPS) is 21.9. The Labute approximate surface area is 119 Å². The summed E-state index contributed by atoms with van der Waals surface area (Å²) in [6.45, 7) is 0.556. The van der Waals surface area contributed by atoms with E-state index in [-0.39, 0.29) is 18.1 Å². The van der Waals surface area contributed by atoms with Gasteiger partial charge in [-0.3, -0.25) is 14.9 Å². The van der Waals surface area contributed by atoms with Gasteiger partial charge < -0.3 is 10.1 Å². The Hall–Kier alpha value is -1.99. The Bertz CT molecular complexity index is 604. The minimum absolute atomic E-state index is 0.167. The molecule has 7 nitrogen and oxygen atoms in total. The van der Waals surface area contributed by atoms with Crippen molar-refractivity contribution in [3.05, 3.63) is 41.2 Å². The van der Waals surface area contributed by atoms with Gasteiger partial charge in [0.15, 0.2) is 5.82 Å². The third kappa shape index (κ3) is 2.50. The number of nitrogens with zero attached hydrogens (tertiary/aromatic N) is 3. The summed E-state index contributed by atoms with van der Waals surface area (Å²) in [6.07, 6.45) is 4.77. The number of rotatable bonds is 3. The molecule has 20 heavy (non-hydrogen) atoms. The minimum Gasteiger partial charge on any atom is -0.368 e. The van der Waals surface area contributed by atoms with E-state index in [0.29, 0.717) is 29.4 Å². The quantitative estimate of drug-likeness (QED) is 0.884. The number of halogens is 1. The molecule has 0 radical (unpaired) electrons. The zero-order chi connectivity index (χ0) is 13.9. The fraction of sp³-hybridized carbons (Fsp3) is 0.333. The second kappa shape index (κ2) is 5.56. The van der Waals surface area contributed by atoms with Gasteiger partial charge in [0.25, 0.3) is 5.91 Å². The highest BCUT2D eigenvalue weighted by Crippen LogP contribution is 2.27. The molecule has 2 atom stereocenters. The van der Waals surface area contributed by atoms with E-state index < -0.39 is 0 Å². The lowest BCUT2D eigenvalue weighted by atomic mass is 10.1. The number of hydrogen-bond acceptors (Lipinski definition) is 5. The molecule has 2 aromatic heterocycles. The topological polar surface area (TPSA) is 92.8 Å². The molecule has 1 amide bonds. The largest absolute Gasteiger partial charge is 0.368 e. The highest BCUT2D eigenvalue weighted by molar-refractivity contribution is 6.33. The van der Waals surface area contributed by atoms with Crippen LogP contribution in [0.5, 0.6) is 0 Å². The van der Waals surface area contributed by atoms with Crippen molar-refractivity contribution in [2.24, 2.45) is 0 Å². The van der Waals surface area contributed by atoms with Crippen LogP contribution >= 0.6 is 11.6 Å². The lowest BCUT2D eigenvalue weighted by Crippen LogP contribution is -2.37. The number of ether oxygens (including phenoxy) is 1. The molecule has 0 aromatic carbocycles. The van der Waals surface area contributed by atoms with Gasteiger partial charge >= 0.3 is 0 Å². The molecule has 1 aliphatic heterocycles. The number of H-pyrrole nitrogens is 1. The van der Waals surface area contributed by atoms with Gasteiger partial charge in [-0.1, -0.05) is 11.6 Å². The summed E-state index contributed by atoms with van der Waals surface area (Å²) in [5.74, 6) is 0.353. The van der Waals surface area contributed by atoms with Crippen LogP contribution in [0.15, 0.2) is 24.8 Å². The zero-order valence-corrected chi connectivity index (χ0v) is 11.2. The fourth-order valence-corrected chi connectivity index (χ4v) is 2.37. The molecule has 3 heterocycles. The third-order valence-electron chi connectivity index (χ3n) is 3.13. The van der Waals surface area contributed by atoms with Crippen molar-refractivity contribution in [3.8, 4) is 0 Å². The zero-order valence-electron chi connectivity index (χ0n) is 10.4. The van der Waals surface area contributed by atoms with Gasteiger partial charge in [0, 0.05) is 19.0 Å². The molecule has 0 bridgehead atoms. The van der Waals surface area contributed by atoms with Gasteiger partial charge in [-0.15, -0.1) is 0 Å². The van der Waals surface area contributed by atoms with Crippen LogP contribution in [0.1, 0.15) is 28.7 Å². The van der Waals surface area contributed by atoms with E-state index in [1.165, 1.54) is 18.7 Å². The third-order valence-corrected chi connectivity index (χ3v) is 3.43. The average Bonchev–Trinajstić information content (AvgIpc) is 3.09. The predicted molar refractivity (Wildman–Crippen MR) is 70.2 cm³/mol. The van der Waals surface area contributed by atoms with E-state index in [1.807, 2.05) is 0 Å². The van der Waals surface area contributed by atoms with Crippen molar-refractivity contribution in [2.75, 3.05) is 6.61 Å². The van der Waals surface area contributed by atoms with E-state index in [2.05, 4.69) is 25.5 Å². The van der Waals surface area contributed by atoms with Gasteiger partial charge in [-0.2, -0.15) is 5.10 Å². The summed E-state index contributed by atoms with van der Waals surface area (Å²) in [5.41, 5.74) is 0.393. The molecule has 0 unspecified atom stereocenters. The van der Waals surface area contributed by atoms with Crippen LogP contribution in [0.2, 0.25) is 5.02 Å². The van der Waals surface area contributed by atoms with Gasteiger partial charge in [-0.25, -0.2) is 4.98 Å². The molecule has 1 aliphatic rings. The highest BCUT2D eigenvalue weighted by atomic mass is 35.5. The van der Waals surface area contributed by atoms with Crippen molar-refractivity contribution in [3.63, 3.8) is 0 Å². The van der Waals surface area contributed by atoms with Gasteiger partial charge in [0.1, 0.15) is 12.4 Å². The van der Waals surface area contributed by atoms with Crippen LogP contribution in [-0.2, 0) is 4.74 Å². The van der Waals surface area contributed by atoms with Crippen LogP contribution in [0.25, 0.3) is 0 Å². The molecule has 1 saturated heterocycles. The molecule has 0 saturated carbocycles. The summed E-state index contributed by atoms with van der Waals surface area (Å²) in [5, 5.41) is 9.78. The summed E-state index contributed by atoms with van der Waals surface area (Å²) >= 11 is 5.96. The Morgan fingerprint density at radius 2 is 2.45 bits per heavy atom. The monoisotopic (exact) mass is 293 g/mol. The number of pyridine rings is 1. The van der Waals surface area contributed by atoms with Gasteiger partial charge in [0.05, 0.1) is 16.6 Å². The van der Waals surface area contributed by atoms with Crippen LogP contribution < -0.4 is 5.32 Å². The summed E-state index contributed by atoms with van der Waals surface area (Å²) in [4.78, 5) is 20.1. The second-order valence-corrected chi connectivity index (χ2v) is 4.79. The number of carbonyl (C=O) groups excluding carboxylic acids is 1. The first-order valence-electron chi connectivity index (χ1n) is 6.13. The standard InChI is InChI=1S/C12H12ClN5O2/c13-8-5-14-3-1-7(8)12(19)17-9-2-4-20-10(9)11-15-6-16-18-11/h1,3,5-6,9-10H,2,4H2,(H,17,19)(H,15,16,18)/t9-,10+/m0/s1. The number of aromatic amines is 1. The number of amides is 1. The Morgan fingerprint density at radius 1 is 1.55 bits per heavy atom. The van der Waals surface area contributed by atoms with Crippen molar-refractivity contribution < 1.29 is 9.53 Å². The lowest BCUT2D eigenvalue weighted by molar-refractivity contribution is 0.0792. The average molecular weight is 294 g/mol. The first-order chi connectivity index (χ1) is 9.75. The molecular weight excluding hydrogens is 282 g/mol. The minimum atomic E-state index is -0.318. The first-order valence-corrected chi connectivity index (χ1v) is 6.51. The van der Waals surface area contributed by atoms with Crippen molar-refractivity contribution in [1.29, 1.82) is 0 Å². The molecule has 3 rings (SSSR count). The number of aromatic nitrogens is 4. The second-order valence-electron chi connectivity index (χ2n) is 4.39. The maximum atomic E-state index is 12.2. The smallest absolute Gasteiger partial charge is 0.253 e. The molecular formula is C12H12ClN5O2. The molecule has 8 heteroatoms. The number of carbonyl (C=O) groups is 1. The van der Waals surface area contributed by atoms with Crippen molar-refractivity contribution in [1.82, 2.24) is 25.5 Å². The molecule has 2 N–H and O–H groups in total. The maximum Gasteiger partial charge on any atom is 0.253 e. The fourth-order valence-electron chi connectivity index (χ4n) is 2.16. The summed E-state index contributed by atoms with van der Waals surface area (Å²) in [6, 6.07) is 1.41. The molecule has 0 aliphatic carbocycles. The lowest BCUT2D eigenvalue weighted by Gasteiger charge is -2.18. The molecule has 2 aromatic rings. The van der Waals surface area contributed by atoms with Crippen molar-refractivity contribution in [2.45, 2.75) is 18.6 Å². The Balaban J connectivity index is 1.74. The Morgan fingerprint density at radius 3 is 3.20 bits per heavy atom. The van der Waals surface area contributed by atoms with Gasteiger partial charge in [-0.05, 0) is 12.5 Å². The van der Waals surface area contributed by atoms with Crippen LogP contribution in [-0.4, -0.2) is 38.7 Å². The summed E-state index contributed by atoms with van der Waals surface area (Å²) in [7, 11) is 0. The molecule has 1 fully saturated rings. The van der Waals surface area contributed by atoms with Crippen LogP contribution in [0, 0.1) is 0 Å². The van der Waals surface area contributed by atoms with E-state index in [4.69, 9.17) is 16.3 Å². The highest BCUT2D eigenvalue weighted by Gasteiger charge is 2.33. The number of hydrogen-bond donors (Lipinski definition) is 2. The summed E-state index contributed by atoms with van der Waals surface area (Å²) < 4.78 is 5.58. The van der Waals surface area contributed by atoms with E-state index >= 15 is 0 Å². The first kappa shape index (κ1) is 13.0. The van der Waals surface area contributed by atoms with E-state index in [1.54, 1.807) is 6.07 Å². The maximum absolute atomic E-state index is 12.2. The number of nitrogens with one attached hydrogen (secondary N) is 2. The SMILES string of the molecule is O=C(N[C@H]1CCO[C@H]1c1ncn[nH]1)c1ccncc1Cl. The van der Waals surface area contributed by atoms with Gasteiger partial charge in [0.2, 0.25) is 0 Å². The van der Waals surface area contributed by atoms with Crippen LogP contribution in [0.3, 0.4) is 0 Å². The van der Waals surface area contributed by atoms with Crippen molar-refractivity contribution >= 4 is 17.5 Å². The molecule has 104 valence electrons. The predicted octanol–water partition coefficient (Wildman–Crippen LogP) is 1.11. The molecule has 0 spiro atoms. The van der Waals surface area contributed by atoms with E-state index in [9.17, 15) is 4.79 Å².